The molecule has 1 aromatic carbocycles. The lowest BCUT2D eigenvalue weighted by atomic mass is 9.90. The Morgan fingerprint density at radius 2 is 1.69 bits per heavy atom. The van der Waals surface area contributed by atoms with Crippen molar-refractivity contribution in [1.29, 1.82) is 0 Å². The van der Waals surface area contributed by atoms with E-state index in [1.165, 1.54) is 0 Å². The highest BCUT2D eigenvalue weighted by atomic mass is 35.5. The number of epoxide rings is 1. The first-order valence-corrected chi connectivity index (χ1v) is 9.16. The molecule has 0 N–H and O–H groups in total. The van der Waals surface area contributed by atoms with Gasteiger partial charge in [-0.05, 0) is 30.3 Å². The predicted molar refractivity (Wildman–Crippen MR) is 96.4 cm³/mol. The Kier molecular flexibility index (Phi) is 5.29. The maximum atomic E-state index is 15.1. The quantitative estimate of drug-likeness (QED) is 0.322. The molecule has 32 heavy (non-hydrogen) atoms. The summed E-state index contributed by atoms with van der Waals surface area (Å²) in [5.41, 5.74) is -4.76. The number of hydrogen-bond acceptors (Lipinski definition) is 4. The van der Waals surface area contributed by atoms with Crippen LogP contribution in [0.3, 0.4) is 0 Å². The van der Waals surface area contributed by atoms with Gasteiger partial charge in [-0.25, -0.2) is 13.8 Å². The molecule has 168 valence electrons. The van der Waals surface area contributed by atoms with Gasteiger partial charge in [0.1, 0.15) is 28.1 Å². The second-order valence-corrected chi connectivity index (χ2v) is 7.21. The highest BCUT2D eigenvalue weighted by Gasteiger charge is 2.68. The van der Waals surface area contributed by atoms with E-state index in [0.29, 0.717) is 18.3 Å². The number of alkyl halides is 5. The number of rotatable bonds is 5. The standard InChI is InChI=1S/C20H10ClF7N2O2/c21-14-5-10(20(26,27)28)7-30-17(14)32-12-2-4-16(29-8-12)19(24,25)18(9-31-18)13-3-1-11(22)6-15(13)23/h1-8H,9H2. The summed E-state index contributed by atoms with van der Waals surface area (Å²) in [4.78, 5) is 7.08. The molecule has 1 aliphatic heterocycles. The Morgan fingerprint density at radius 1 is 0.969 bits per heavy atom. The van der Waals surface area contributed by atoms with Crippen molar-refractivity contribution in [2.24, 2.45) is 0 Å². The topological polar surface area (TPSA) is 47.5 Å². The predicted octanol–water partition coefficient (Wildman–Crippen LogP) is 6.24. The average Bonchev–Trinajstić information content (AvgIpc) is 3.51. The van der Waals surface area contributed by atoms with Crippen LogP contribution in [0.25, 0.3) is 0 Å². The van der Waals surface area contributed by atoms with Gasteiger partial charge in [0, 0.05) is 17.8 Å². The van der Waals surface area contributed by atoms with Crippen LogP contribution < -0.4 is 4.74 Å². The zero-order chi connectivity index (χ0) is 23.3. The molecule has 3 heterocycles. The van der Waals surface area contributed by atoms with E-state index in [1.807, 2.05) is 0 Å². The van der Waals surface area contributed by atoms with Crippen LogP contribution in [-0.4, -0.2) is 16.6 Å². The summed E-state index contributed by atoms with van der Waals surface area (Å²) < 4.78 is 106. The number of nitrogens with zero attached hydrogens (tertiary/aromatic N) is 2. The molecule has 0 amide bonds. The van der Waals surface area contributed by atoms with Crippen molar-refractivity contribution in [3.63, 3.8) is 0 Å². The van der Waals surface area contributed by atoms with Gasteiger partial charge in [-0.2, -0.15) is 22.0 Å². The first-order valence-electron chi connectivity index (χ1n) is 8.78. The molecule has 0 radical (unpaired) electrons. The maximum Gasteiger partial charge on any atom is 0.417 e. The average molecular weight is 479 g/mol. The number of halogens is 8. The molecule has 1 unspecified atom stereocenters. The third-order valence-electron chi connectivity index (χ3n) is 4.71. The van der Waals surface area contributed by atoms with Gasteiger partial charge in [0.05, 0.1) is 18.4 Å². The normalized spacial score (nSPS) is 18.5. The molecular weight excluding hydrogens is 469 g/mol. The van der Waals surface area contributed by atoms with Crippen LogP contribution >= 0.6 is 11.6 Å². The SMILES string of the molecule is Fc1ccc(C2(C(F)(F)c3ccc(Oc4ncc(C(F)(F)F)cc4Cl)cn3)CO2)c(F)c1. The summed E-state index contributed by atoms with van der Waals surface area (Å²) in [6.07, 6.45) is -3.28. The molecule has 2 aromatic heterocycles. The van der Waals surface area contributed by atoms with Crippen LogP contribution in [0, 0.1) is 11.6 Å². The zero-order valence-electron chi connectivity index (χ0n) is 15.6. The lowest BCUT2D eigenvalue weighted by Crippen LogP contribution is -2.34. The molecule has 1 saturated heterocycles. The van der Waals surface area contributed by atoms with Gasteiger partial charge in [-0.1, -0.05) is 11.6 Å². The van der Waals surface area contributed by atoms with Crippen molar-refractivity contribution in [2.45, 2.75) is 17.7 Å². The van der Waals surface area contributed by atoms with E-state index in [-0.39, 0.29) is 5.75 Å². The Hall–Kier alpha value is -2.92. The highest BCUT2D eigenvalue weighted by molar-refractivity contribution is 6.31. The number of hydrogen-bond donors (Lipinski definition) is 0. The maximum absolute atomic E-state index is 15.1. The van der Waals surface area contributed by atoms with Crippen molar-refractivity contribution >= 4 is 11.6 Å². The second-order valence-electron chi connectivity index (χ2n) is 6.80. The molecule has 0 saturated carbocycles. The molecular formula is C20H10ClF7N2O2. The summed E-state index contributed by atoms with van der Waals surface area (Å²) in [5.74, 6) is -6.45. The number of benzene rings is 1. The molecule has 0 aliphatic carbocycles. The molecule has 1 aliphatic rings. The highest BCUT2D eigenvalue weighted by Crippen LogP contribution is 2.56. The fraction of sp³-hybridized carbons (Fsp3) is 0.200. The van der Waals surface area contributed by atoms with Crippen molar-refractivity contribution in [3.05, 3.63) is 82.3 Å². The first-order chi connectivity index (χ1) is 14.9. The van der Waals surface area contributed by atoms with Gasteiger partial charge in [0.25, 0.3) is 0 Å². The summed E-state index contributed by atoms with van der Waals surface area (Å²) >= 11 is 5.74. The fourth-order valence-electron chi connectivity index (χ4n) is 3.00. The molecule has 4 rings (SSSR count). The lowest BCUT2D eigenvalue weighted by Gasteiger charge is -2.24. The zero-order valence-corrected chi connectivity index (χ0v) is 16.3. The number of ether oxygens (including phenoxy) is 2. The van der Waals surface area contributed by atoms with Gasteiger partial charge in [-0.3, -0.25) is 4.98 Å². The van der Waals surface area contributed by atoms with Gasteiger partial charge in [-0.15, -0.1) is 0 Å². The molecule has 12 heteroatoms. The first kappa shape index (κ1) is 22.3. The minimum Gasteiger partial charge on any atom is -0.436 e. The monoisotopic (exact) mass is 478 g/mol. The van der Waals surface area contributed by atoms with E-state index in [0.717, 1.165) is 30.5 Å². The fourth-order valence-corrected chi connectivity index (χ4v) is 3.20. The van der Waals surface area contributed by atoms with Crippen LogP contribution in [-0.2, 0) is 22.4 Å². The Balaban J connectivity index is 1.57. The van der Waals surface area contributed by atoms with E-state index in [4.69, 9.17) is 21.1 Å². The van der Waals surface area contributed by atoms with Gasteiger partial charge < -0.3 is 9.47 Å². The largest absolute Gasteiger partial charge is 0.436 e. The molecule has 0 spiro atoms. The third kappa shape index (κ3) is 3.86. The van der Waals surface area contributed by atoms with Gasteiger partial charge in [0.2, 0.25) is 5.88 Å². The minimum absolute atomic E-state index is 0.141. The number of pyridine rings is 2. The second kappa shape index (κ2) is 7.59. The van der Waals surface area contributed by atoms with Gasteiger partial charge >= 0.3 is 12.1 Å². The Morgan fingerprint density at radius 3 is 2.22 bits per heavy atom. The number of aromatic nitrogens is 2. The van der Waals surface area contributed by atoms with Gasteiger partial charge in [0.15, 0.2) is 5.60 Å². The minimum atomic E-state index is -4.66. The molecule has 0 bridgehead atoms. The summed E-state index contributed by atoms with van der Waals surface area (Å²) in [6.45, 7) is -0.520. The summed E-state index contributed by atoms with van der Waals surface area (Å²) in [5, 5.41) is -0.452. The Bertz CT molecular complexity index is 1170. The van der Waals surface area contributed by atoms with Crippen LogP contribution in [0.5, 0.6) is 11.6 Å². The van der Waals surface area contributed by atoms with Crippen LogP contribution in [0.15, 0.2) is 48.8 Å². The van der Waals surface area contributed by atoms with E-state index in [1.54, 1.807) is 0 Å². The smallest absolute Gasteiger partial charge is 0.417 e. The molecule has 1 atom stereocenters. The summed E-state index contributed by atoms with van der Waals surface area (Å²) in [6, 6.07) is 4.72. The molecule has 1 fully saturated rings. The lowest BCUT2D eigenvalue weighted by molar-refractivity contribution is -0.137. The van der Waals surface area contributed by atoms with Crippen molar-refractivity contribution in [2.75, 3.05) is 6.61 Å². The van der Waals surface area contributed by atoms with Crippen LogP contribution in [0.2, 0.25) is 5.02 Å². The van der Waals surface area contributed by atoms with Crippen molar-refractivity contribution < 1.29 is 40.2 Å². The van der Waals surface area contributed by atoms with E-state index < -0.39 is 63.7 Å². The van der Waals surface area contributed by atoms with Crippen LogP contribution in [0.1, 0.15) is 16.8 Å². The van der Waals surface area contributed by atoms with Crippen LogP contribution in [0.4, 0.5) is 30.7 Å². The molecule has 4 nitrogen and oxygen atoms in total. The van der Waals surface area contributed by atoms with E-state index in [9.17, 15) is 22.0 Å². The summed E-state index contributed by atoms with van der Waals surface area (Å²) in [7, 11) is 0. The Labute approximate surface area is 180 Å². The van der Waals surface area contributed by atoms with Crippen molar-refractivity contribution in [1.82, 2.24) is 9.97 Å². The van der Waals surface area contributed by atoms with Crippen molar-refractivity contribution in [3.8, 4) is 11.6 Å². The third-order valence-corrected chi connectivity index (χ3v) is 4.98. The van der Waals surface area contributed by atoms with E-state index in [2.05, 4.69) is 9.97 Å². The molecule has 3 aromatic rings. The van der Waals surface area contributed by atoms with E-state index >= 15 is 8.78 Å².